The summed E-state index contributed by atoms with van der Waals surface area (Å²) in [6, 6.07) is -0.471. The van der Waals surface area contributed by atoms with Crippen molar-refractivity contribution in [3.63, 3.8) is 0 Å². The molecule has 0 aromatic heterocycles. The monoisotopic (exact) mass is 256 g/mol. The van der Waals surface area contributed by atoms with Crippen LogP contribution in [0.25, 0.3) is 0 Å². The molecule has 0 aromatic carbocycles. The Kier molecular flexibility index (Phi) is 6.12. The molecule has 0 bridgehead atoms. The van der Waals surface area contributed by atoms with Crippen LogP contribution in [-0.2, 0) is 9.59 Å². The van der Waals surface area contributed by atoms with Crippen molar-refractivity contribution in [1.82, 2.24) is 10.6 Å². The van der Waals surface area contributed by atoms with Gasteiger partial charge in [0.2, 0.25) is 5.91 Å². The van der Waals surface area contributed by atoms with Gasteiger partial charge in [0.05, 0.1) is 0 Å². The van der Waals surface area contributed by atoms with E-state index in [4.69, 9.17) is 5.11 Å². The molecule has 3 atom stereocenters. The molecule has 1 amide bonds. The maximum absolute atomic E-state index is 11.0. The van der Waals surface area contributed by atoms with Crippen molar-refractivity contribution in [3.05, 3.63) is 0 Å². The third kappa shape index (κ3) is 5.04. The van der Waals surface area contributed by atoms with E-state index in [-0.39, 0.29) is 5.91 Å². The van der Waals surface area contributed by atoms with E-state index in [0.717, 1.165) is 6.42 Å². The lowest BCUT2D eigenvalue weighted by molar-refractivity contribution is -0.141. The molecule has 0 radical (unpaired) electrons. The fourth-order valence-electron chi connectivity index (χ4n) is 2.51. The SMILES string of the molecule is CC(=O)NC(CNC1CCCCCC1C)C(=O)O. The first-order chi connectivity index (χ1) is 8.50. The van der Waals surface area contributed by atoms with Crippen molar-refractivity contribution >= 4 is 11.9 Å². The zero-order valence-corrected chi connectivity index (χ0v) is 11.2. The Morgan fingerprint density at radius 3 is 2.56 bits per heavy atom. The molecule has 104 valence electrons. The van der Waals surface area contributed by atoms with Crippen LogP contribution in [0.15, 0.2) is 0 Å². The predicted octanol–water partition coefficient (Wildman–Crippen LogP) is 1.13. The standard InChI is InChI=1S/C13H24N2O3/c1-9-6-4-3-5-7-11(9)14-8-12(13(17)18)15-10(2)16/h9,11-12,14H,3-8H2,1-2H3,(H,15,16)(H,17,18). The van der Waals surface area contributed by atoms with E-state index in [0.29, 0.717) is 18.5 Å². The lowest BCUT2D eigenvalue weighted by atomic mass is 9.97. The highest BCUT2D eigenvalue weighted by molar-refractivity contribution is 5.82. The van der Waals surface area contributed by atoms with E-state index in [1.54, 1.807) is 0 Å². The Balaban J connectivity index is 2.44. The van der Waals surface area contributed by atoms with Gasteiger partial charge in [-0.25, -0.2) is 4.79 Å². The number of carbonyl (C=O) groups is 2. The van der Waals surface area contributed by atoms with Gasteiger partial charge < -0.3 is 15.7 Å². The zero-order valence-electron chi connectivity index (χ0n) is 11.2. The molecule has 1 rings (SSSR count). The summed E-state index contributed by atoms with van der Waals surface area (Å²) in [5.74, 6) is -0.726. The minimum absolute atomic E-state index is 0.296. The van der Waals surface area contributed by atoms with E-state index in [2.05, 4.69) is 17.6 Å². The molecule has 1 aliphatic carbocycles. The number of aliphatic carboxylic acids is 1. The number of amides is 1. The van der Waals surface area contributed by atoms with Crippen LogP contribution in [0, 0.1) is 5.92 Å². The van der Waals surface area contributed by atoms with Crippen LogP contribution >= 0.6 is 0 Å². The van der Waals surface area contributed by atoms with Crippen molar-refractivity contribution in [2.75, 3.05) is 6.54 Å². The third-order valence-corrected chi connectivity index (χ3v) is 3.62. The number of carbonyl (C=O) groups excluding carboxylic acids is 1. The van der Waals surface area contributed by atoms with Crippen molar-refractivity contribution in [2.24, 2.45) is 5.92 Å². The number of hydrogen-bond donors (Lipinski definition) is 3. The molecule has 5 nitrogen and oxygen atoms in total. The zero-order chi connectivity index (χ0) is 13.5. The van der Waals surface area contributed by atoms with Gasteiger partial charge in [0.15, 0.2) is 0 Å². The smallest absolute Gasteiger partial charge is 0.327 e. The number of rotatable bonds is 5. The summed E-state index contributed by atoms with van der Waals surface area (Å²) in [6.07, 6.45) is 5.99. The first-order valence-electron chi connectivity index (χ1n) is 6.74. The highest BCUT2D eigenvalue weighted by atomic mass is 16.4. The van der Waals surface area contributed by atoms with Gasteiger partial charge in [-0.3, -0.25) is 4.79 Å². The number of nitrogens with one attached hydrogen (secondary N) is 2. The molecule has 5 heteroatoms. The van der Waals surface area contributed by atoms with Crippen LogP contribution in [0.1, 0.15) is 46.0 Å². The van der Waals surface area contributed by atoms with Gasteiger partial charge in [0.25, 0.3) is 0 Å². The van der Waals surface area contributed by atoms with Crippen molar-refractivity contribution < 1.29 is 14.7 Å². The van der Waals surface area contributed by atoms with Gasteiger partial charge in [-0.2, -0.15) is 0 Å². The fraction of sp³-hybridized carbons (Fsp3) is 0.846. The molecule has 0 aromatic rings. The van der Waals surface area contributed by atoms with Gasteiger partial charge in [-0.05, 0) is 18.8 Å². The van der Waals surface area contributed by atoms with Gasteiger partial charge in [-0.15, -0.1) is 0 Å². The summed E-state index contributed by atoms with van der Waals surface area (Å²) >= 11 is 0. The third-order valence-electron chi connectivity index (χ3n) is 3.62. The average molecular weight is 256 g/mol. The molecule has 1 saturated carbocycles. The molecule has 0 spiro atoms. The largest absolute Gasteiger partial charge is 0.480 e. The second-order valence-electron chi connectivity index (χ2n) is 5.22. The van der Waals surface area contributed by atoms with Crippen LogP contribution in [0.5, 0.6) is 0 Å². The van der Waals surface area contributed by atoms with Gasteiger partial charge >= 0.3 is 5.97 Å². The highest BCUT2D eigenvalue weighted by Gasteiger charge is 2.23. The van der Waals surface area contributed by atoms with Crippen molar-refractivity contribution in [1.29, 1.82) is 0 Å². The summed E-state index contributed by atoms with van der Waals surface area (Å²) in [7, 11) is 0. The summed E-state index contributed by atoms with van der Waals surface area (Å²) in [5, 5.41) is 14.8. The van der Waals surface area contributed by atoms with Gasteiger partial charge in [-0.1, -0.05) is 26.2 Å². The molecular weight excluding hydrogens is 232 g/mol. The van der Waals surface area contributed by atoms with Crippen LogP contribution < -0.4 is 10.6 Å². The van der Waals surface area contributed by atoms with Crippen molar-refractivity contribution in [3.8, 4) is 0 Å². The lowest BCUT2D eigenvalue weighted by Gasteiger charge is -2.25. The summed E-state index contributed by atoms with van der Waals surface area (Å²) < 4.78 is 0. The highest BCUT2D eigenvalue weighted by Crippen LogP contribution is 2.22. The molecule has 1 fully saturated rings. The van der Waals surface area contributed by atoms with E-state index < -0.39 is 12.0 Å². The second-order valence-corrected chi connectivity index (χ2v) is 5.22. The molecule has 0 saturated heterocycles. The van der Waals surface area contributed by atoms with Crippen LogP contribution in [0.4, 0.5) is 0 Å². The summed E-state index contributed by atoms with van der Waals surface area (Å²) in [4.78, 5) is 21.9. The second kappa shape index (κ2) is 7.36. The molecule has 0 aliphatic heterocycles. The van der Waals surface area contributed by atoms with E-state index in [1.165, 1.54) is 32.6 Å². The molecule has 18 heavy (non-hydrogen) atoms. The fourth-order valence-corrected chi connectivity index (χ4v) is 2.51. The van der Waals surface area contributed by atoms with Crippen LogP contribution in [0.3, 0.4) is 0 Å². The topological polar surface area (TPSA) is 78.4 Å². The molecule has 3 unspecified atom stereocenters. The Hall–Kier alpha value is -1.10. The van der Waals surface area contributed by atoms with E-state index in [9.17, 15) is 9.59 Å². The number of hydrogen-bond acceptors (Lipinski definition) is 3. The average Bonchev–Trinajstić information content (AvgIpc) is 2.48. The van der Waals surface area contributed by atoms with E-state index in [1.807, 2.05) is 0 Å². The maximum atomic E-state index is 11.0. The van der Waals surface area contributed by atoms with Gasteiger partial charge in [0.1, 0.15) is 6.04 Å². The summed E-state index contributed by atoms with van der Waals surface area (Å²) in [5.41, 5.74) is 0. The van der Waals surface area contributed by atoms with E-state index >= 15 is 0 Å². The Bertz CT molecular complexity index is 294. The lowest BCUT2D eigenvalue weighted by Crippen LogP contribution is -2.49. The molecule has 0 heterocycles. The predicted molar refractivity (Wildman–Crippen MR) is 69.3 cm³/mol. The van der Waals surface area contributed by atoms with Crippen LogP contribution in [-0.4, -0.2) is 35.6 Å². The Morgan fingerprint density at radius 2 is 1.94 bits per heavy atom. The summed E-state index contributed by atoms with van der Waals surface area (Å²) in [6.45, 7) is 3.84. The first-order valence-corrected chi connectivity index (χ1v) is 6.74. The number of carboxylic acids is 1. The maximum Gasteiger partial charge on any atom is 0.327 e. The quantitative estimate of drug-likeness (QED) is 0.644. The normalized spacial score (nSPS) is 26.1. The Labute approximate surface area is 108 Å². The molecular formula is C13H24N2O3. The minimum atomic E-state index is -0.987. The van der Waals surface area contributed by atoms with Crippen LogP contribution in [0.2, 0.25) is 0 Å². The Morgan fingerprint density at radius 1 is 1.28 bits per heavy atom. The first kappa shape index (κ1) is 15.0. The molecule has 1 aliphatic rings. The number of carboxylic acid groups (broad SMARTS) is 1. The van der Waals surface area contributed by atoms with Gasteiger partial charge in [0, 0.05) is 19.5 Å². The molecule has 3 N–H and O–H groups in total. The minimum Gasteiger partial charge on any atom is -0.480 e. The van der Waals surface area contributed by atoms with Crippen molar-refractivity contribution in [2.45, 2.75) is 58.0 Å².